The molecule has 0 unspecified atom stereocenters. The molecule has 3 aromatic rings. The molecule has 8 heteroatoms. The quantitative estimate of drug-likeness (QED) is 0.606. The van der Waals surface area contributed by atoms with E-state index in [0.717, 1.165) is 18.2 Å². The molecule has 0 atom stereocenters. The maximum atomic E-state index is 12.8. The van der Waals surface area contributed by atoms with E-state index in [1.165, 1.54) is 24.5 Å². The Morgan fingerprint density at radius 1 is 1.10 bits per heavy atom. The predicted octanol–water partition coefficient (Wildman–Crippen LogP) is 3.41. The van der Waals surface area contributed by atoms with E-state index in [1.54, 1.807) is 25.3 Å². The average molecular weight is 422 g/mol. The number of benzene rings is 2. The van der Waals surface area contributed by atoms with E-state index in [0.29, 0.717) is 34.6 Å². The van der Waals surface area contributed by atoms with Crippen molar-refractivity contribution in [2.24, 2.45) is 0 Å². The van der Waals surface area contributed by atoms with Crippen LogP contribution in [0.5, 0.6) is 11.5 Å². The lowest BCUT2D eigenvalue weighted by molar-refractivity contribution is -0.116. The molecular weight excluding hydrogens is 396 g/mol. The zero-order valence-electron chi connectivity index (χ0n) is 17.7. The highest BCUT2D eigenvalue weighted by Gasteiger charge is 2.19. The number of aromatic nitrogens is 2. The molecule has 1 heterocycles. The van der Waals surface area contributed by atoms with Crippen LogP contribution in [0.4, 0.5) is 11.5 Å². The number of para-hydroxylation sites is 1. The second-order valence-corrected chi connectivity index (χ2v) is 7.59. The van der Waals surface area contributed by atoms with Crippen molar-refractivity contribution in [2.75, 3.05) is 24.9 Å². The Hall–Kier alpha value is -3.55. The molecule has 2 aromatic carbocycles. The van der Waals surface area contributed by atoms with Crippen LogP contribution < -0.4 is 25.8 Å². The Morgan fingerprint density at radius 2 is 1.84 bits per heavy atom. The van der Waals surface area contributed by atoms with Crippen molar-refractivity contribution in [3.05, 3.63) is 52.9 Å². The maximum Gasteiger partial charge on any atom is 0.350 e. The van der Waals surface area contributed by atoms with Gasteiger partial charge in [0.05, 0.1) is 19.7 Å². The Bertz CT molecular complexity index is 1150. The van der Waals surface area contributed by atoms with Gasteiger partial charge in [-0.15, -0.1) is 0 Å². The van der Waals surface area contributed by atoms with Crippen LogP contribution in [0.2, 0.25) is 0 Å². The van der Waals surface area contributed by atoms with E-state index >= 15 is 0 Å². The third kappa shape index (κ3) is 4.47. The number of ether oxygens (including phenoxy) is 2. The summed E-state index contributed by atoms with van der Waals surface area (Å²) in [4.78, 5) is 29.8. The number of fused-ring (bicyclic) bond motifs is 1. The fourth-order valence-electron chi connectivity index (χ4n) is 4.01. The van der Waals surface area contributed by atoms with Crippen molar-refractivity contribution in [3.8, 4) is 11.5 Å². The van der Waals surface area contributed by atoms with E-state index in [-0.39, 0.29) is 12.5 Å². The van der Waals surface area contributed by atoms with E-state index in [9.17, 15) is 9.59 Å². The Kier molecular flexibility index (Phi) is 6.06. The van der Waals surface area contributed by atoms with E-state index in [4.69, 9.17) is 9.47 Å². The smallest absolute Gasteiger partial charge is 0.350 e. The molecule has 0 saturated heterocycles. The standard InChI is InChI=1S/C23H26N4O4/c1-30-19-12-11-16(13-20(19)31-2)24-21(28)14-27-18-10-6-5-9-17(18)22(26-23(27)29)25-15-7-3-4-8-15/h5-6,9-13,15H,3-4,7-8,14H2,1-2H3,(H,24,28)(H,25,26,29). The minimum absolute atomic E-state index is 0.148. The molecule has 0 aliphatic heterocycles. The van der Waals surface area contributed by atoms with Crippen molar-refractivity contribution in [1.29, 1.82) is 0 Å². The van der Waals surface area contributed by atoms with Crippen molar-refractivity contribution in [1.82, 2.24) is 9.55 Å². The first-order valence-electron chi connectivity index (χ1n) is 10.4. The number of nitrogens with zero attached hydrogens (tertiary/aromatic N) is 2. The minimum Gasteiger partial charge on any atom is -0.493 e. The number of hydrogen-bond donors (Lipinski definition) is 2. The van der Waals surface area contributed by atoms with Crippen molar-refractivity contribution < 1.29 is 14.3 Å². The van der Waals surface area contributed by atoms with Crippen LogP contribution in [0.1, 0.15) is 25.7 Å². The monoisotopic (exact) mass is 422 g/mol. The van der Waals surface area contributed by atoms with Gasteiger partial charge < -0.3 is 20.1 Å². The van der Waals surface area contributed by atoms with Crippen LogP contribution in [0.15, 0.2) is 47.3 Å². The van der Waals surface area contributed by atoms with E-state index in [1.807, 2.05) is 24.3 Å². The van der Waals surface area contributed by atoms with Crippen LogP contribution in [-0.2, 0) is 11.3 Å². The molecular formula is C23H26N4O4. The van der Waals surface area contributed by atoms with Gasteiger partial charge in [-0.05, 0) is 37.1 Å². The molecule has 0 bridgehead atoms. The number of carbonyl (C=O) groups excluding carboxylic acids is 1. The Morgan fingerprint density at radius 3 is 2.58 bits per heavy atom. The summed E-state index contributed by atoms with van der Waals surface area (Å²) < 4.78 is 11.9. The number of carbonyl (C=O) groups is 1. The van der Waals surface area contributed by atoms with Crippen LogP contribution >= 0.6 is 0 Å². The summed E-state index contributed by atoms with van der Waals surface area (Å²) in [6.07, 6.45) is 4.52. The Labute approximate surface area is 180 Å². The summed E-state index contributed by atoms with van der Waals surface area (Å²) in [6.45, 7) is -0.148. The number of rotatable bonds is 7. The molecule has 8 nitrogen and oxygen atoms in total. The number of methoxy groups -OCH3 is 2. The molecule has 1 aromatic heterocycles. The lowest BCUT2D eigenvalue weighted by Gasteiger charge is -2.17. The fraction of sp³-hybridized carbons (Fsp3) is 0.348. The Balaban J connectivity index is 1.59. The van der Waals surface area contributed by atoms with Gasteiger partial charge in [0.25, 0.3) is 0 Å². The van der Waals surface area contributed by atoms with Gasteiger partial charge >= 0.3 is 5.69 Å². The van der Waals surface area contributed by atoms with Gasteiger partial charge in [0, 0.05) is 23.2 Å². The summed E-state index contributed by atoms with van der Waals surface area (Å²) >= 11 is 0. The molecule has 0 radical (unpaired) electrons. The summed E-state index contributed by atoms with van der Waals surface area (Å²) in [5.41, 5.74) is 0.764. The van der Waals surface area contributed by atoms with Gasteiger partial charge in [-0.2, -0.15) is 4.98 Å². The molecule has 162 valence electrons. The third-order valence-corrected chi connectivity index (χ3v) is 5.55. The summed E-state index contributed by atoms with van der Waals surface area (Å²) in [6, 6.07) is 12.9. The lowest BCUT2D eigenvalue weighted by atomic mass is 10.2. The van der Waals surface area contributed by atoms with Gasteiger partial charge in [0.15, 0.2) is 11.5 Å². The summed E-state index contributed by atoms with van der Waals surface area (Å²) in [5.74, 6) is 1.33. The normalized spacial score (nSPS) is 13.9. The third-order valence-electron chi connectivity index (χ3n) is 5.55. The first-order chi connectivity index (χ1) is 15.1. The topological polar surface area (TPSA) is 94.5 Å². The molecule has 31 heavy (non-hydrogen) atoms. The van der Waals surface area contributed by atoms with Gasteiger partial charge in [-0.3, -0.25) is 9.36 Å². The van der Waals surface area contributed by atoms with Gasteiger partial charge in [0.1, 0.15) is 12.4 Å². The number of nitrogens with one attached hydrogen (secondary N) is 2. The number of amides is 1. The highest BCUT2D eigenvalue weighted by molar-refractivity contribution is 5.94. The van der Waals surface area contributed by atoms with E-state index in [2.05, 4.69) is 15.6 Å². The second-order valence-electron chi connectivity index (χ2n) is 7.59. The first-order valence-corrected chi connectivity index (χ1v) is 10.4. The molecule has 1 aliphatic carbocycles. The van der Waals surface area contributed by atoms with E-state index < -0.39 is 5.69 Å². The second kappa shape index (κ2) is 9.07. The molecule has 4 rings (SSSR count). The largest absolute Gasteiger partial charge is 0.493 e. The predicted molar refractivity (Wildman–Crippen MR) is 120 cm³/mol. The molecule has 1 amide bonds. The van der Waals surface area contributed by atoms with Gasteiger partial charge in [0.2, 0.25) is 5.91 Å². The van der Waals surface area contributed by atoms with Crippen LogP contribution in [0.25, 0.3) is 10.9 Å². The zero-order chi connectivity index (χ0) is 21.8. The minimum atomic E-state index is -0.457. The zero-order valence-corrected chi connectivity index (χ0v) is 17.7. The van der Waals surface area contributed by atoms with Crippen molar-refractivity contribution in [3.63, 3.8) is 0 Å². The molecule has 1 fully saturated rings. The van der Waals surface area contributed by atoms with Gasteiger partial charge in [-0.25, -0.2) is 4.79 Å². The lowest BCUT2D eigenvalue weighted by Crippen LogP contribution is -2.31. The maximum absolute atomic E-state index is 12.8. The first kappa shape index (κ1) is 20.7. The van der Waals surface area contributed by atoms with Crippen molar-refractivity contribution in [2.45, 2.75) is 38.3 Å². The van der Waals surface area contributed by atoms with Gasteiger partial charge in [-0.1, -0.05) is 25.0 Å². The highest BCUT2D eigenvalue weighted by Crippen LogP contribution is 2.30. The average Bonchev–Trinajstić information content (AvgIpc) is 3.29. The van der Waals surface area contributed by atoms with Crippen LogP contribution in [0.3, 0.4) is 0 Å². The molecule has 0 spiro atoms. The molecule has 1 saturated carbocycles. The van der Waals surface area contributed by atoms with Crippen LogP contribution in [0, 0.1) is 0 Å². The molecule has 2 N–H and O–H groups in total. The van der Waals surface area contributed by atoms with Crippen LogP contribution in [-0.4, -0.2) is 35.7 Å². The van der Waals surface area contributed by atoms with Crippen molar-refractivity contribution >= 4 is 28.3 Å². The summed E-state index contributed by atoms with van der Waals surface area (Å²) in [5, 5.41) is 7.05. The number of hydrogen-bond acceptors (Lipinski definition) is 6. The summed E-state index contributed by atoms with van der Waals surface area (Å²) in [7, 11) is 3.08. The highest BCUT2D eigenvalue weighted by atomic mass is 16.5. The molecule has 1 aliphatic rings. The fourth-order valence-corrected chi connectivity index (χ4v) is 4.01. The SMILES string of the molecule is COc1ccc(NC(=O)Cn2c(=O)nc(NC3CCCC3)c3ccccc32)cc1OC. The number of anilines is 2.